The predicted octanol–water partition coefficient (Wildman–Crippen LogP) is 15.5. The van der Waals surface area contributed by atoms with Crippen LogP contribution >= 0.6 is 23.2 Å². The van der Waals surface area contributed by atoms with E-state index in [2.05, 4.69) is 150 Å². The van der Waals surface area contributed by atoms with Gasteiger partial charge in [0.15, 0.2) is 28.7 Å². The molecule has 0 atom stereocenters. The van der Waals surface area contributed by atoms with Crippen LogP contribution < -0.4 is 45.5 Å². The molecule has 0 radical (unpaired) electrons. The van der Waals surface area contributed by atoms with E-state index in [1.807, 2.05) is 60.7 Å². The molecule has 0 unspecified atom stereocenters. The number of rotatable bonds is 12. The fraction of sp³-hybridized carbons (Fsp3) is 0.413. The lowest BCUT2D eigenvalue weighted by molar-refractivity contribution is 0.466. The Morgan fingerprint density at radius 2 is 0.655 bits per heavy atom. The molecule has 0 spiro atoms. The second kappa shape index (κ2) is 29.6. The molecule has 84 heavy (non-hydrogen) atoms. The van der Waals surface area contributed by atoms with E-state index in [0.29, 0.717) is 46.1 Å². The lowest BCUT2D eigenvalue weighted by Gasteiger charge is -2.36. The van der Waals surface area contributed by atoms with Gasteiger partial charge in [-0.2, -0.15) is 0 Å². The van der Waals surface area contributed by atoms with Crippen molar-refractivity contribution in [1.29, 1.82) is 0 Å². The Morgan fingerprint density at radius 1 is 0.393 bits per heavy atom. The number of aromatic nitrogens is 5. The van der Waals surface area contributed by atoms with Crippen LogP contribution in [0.2, 0.25) is 82.6 Å². The highest BCUT2D eigenvalue weighted by Gasteiger charge is 2.42. The molecule has 458 valence electrons. The highest BCUT2D eigenvalue weighted by molar-refractivity contribution is 6.76. The molecule has 4 N–H and O–H groups in total. The Labute approximate surface area is 510 Å². The lowest BCUT2D eigenvalue weighted by Crippen LogP contribution is -2.45. The molecule has 7 rings (SSSR count). The molecule has 0 saturated heterocycles. The normalized spacial score (nSPS) is 12.1. The molecular weight excluding hydrogens is 1170 g/mol. The van der Waals surface area contributed by atoms with E-state index in [4.69, 9.17) is 46.0 Å². The SMILES string of the molecule is CC(C)(C)[Si](C)(C)Oc1ccc[nH]c1=O.CC(C)(C)[Si](C)(C)Oc1ccc[nH]c1=O.CC(C)(C)[Si](C)(C)Oc1cccn(Cc2ccc(Cl)cc2)c1=O.CC(C)(C)[Si](C)(C)Oc1cccn(Cc2ccc(Cl)cc2)c1=O.O=c1[nH]cccc1O. The van der Waals surface area contributed by atoms with Gasteiger partial charge in [0.2, 0.25) is 0 Å². The van der Waals surface area contributed by atoms with Gasteiger partial charge in [0.25, 0.3) is 61.1 Å². The van der Waals surface area contributed by atoms with Crippen LogP contribution in [0.4, 0.5) is 0 Å². The number of aromatic hydroxyl groups is 1. The van der Waals surface area contributed by atoms with Crippen molar-refractivity contribution in [2.75, 3.05) is 0 Å². The zero-order chi connectivity index (χ0) is 63.9. The van der Waals surface area contributed by atoms with Crippen molar-refractivity contribution in [3.8, 4) is 28.7 Å². The maximum atomic E-state index is 12.7. The number of halogens is 2. The molecule has 2 aromatic carbocycles. The Balaban J connectivity index is 0.000000285. The standard InChI is InChI=1S/2C18H24ClNO2Si.2C11H19NO2Si.C5H5NO2/c2*1-18(2,3)23(4,5)22-16-7-6-12-20(17(16)21)13-14-8-10-15(19)11-9-14;2*1-11(2,3)15(4,5)14-9-7-6-8-12-10(9)13;7-4-2-1-3-6-5(4)8/h2*6-12H,13H2,1-5H3;2*6-8H,1-5H3,(H,12,13);1-3,7H,(H,6,8). The largest absolute Gasteiger partial charge is 0.540 e. The quantitative estimate of drug-likeness (QED) is 0.0854. The van der Waals surface area contributed by atoms with Crippen LogP contribution in [0.5, 0.6) is 28.7 Å². The number of hydrogen-bond acceptors (Lipinski definition) is 10. The fourth-order valence-electron chi connectivity index (χ4n) is 6.10. The van der Waals surface area contributed by atoms with Crippen LogP contribution in [0.1, 0.15) is 94.2 Å². The molecule has 0 amide bonds. The topological polar surface area (TPSA) is 200 Å². The summed E-state index contributed by atoms with van der Waals surface area (Å²) < 4.78 is 27.5. The highest BCUT2D eigenvalue weighted by Crippen LogP contribution is 2.39. The second-order valence-electron chi connectivity index (χ2n) is 26.4. The van der Waals surface area contributed by atoms with E-state index in [9.17, 15) is 24.0 Å². The van der Waals surface area contributed by atoms with Crippen molar-refractivity contribution in [1.82, 2.24) is 24.1 Å². The van der Waals surface area contributed by atoms with Gasteiger partial charge in [-0.1, -0.05) is 131 Å². The molecule has 0 saturated carbocycles. The van der Waals surface area contributed by atoms with Crippen LogP contribution in [-0.2, 0) is 13.1 Å². The number of nitrogens with zero attached hydrogens (tertiary/aromatic N) is 2. The van der Waals surface area contributed by atoms with Gasteiger partial charge >= 0.3 is 0 Å². The average molecular weight is 1260 g/mol. The highest BCUT2D eigenvalue weighted by atomic mass is 35.5. The molecule has 0 aliphatic rings. The molecule has 5 heterocycles. The Morgan fingerprint density at radius 3 is 0.905 bits per heavy atom. The van der Waals surface area contributed by atoms with Crippen molar-refractivity contribution >= 4 is 56.5 Å². The van der Waals surface area contributed by atoms with Gasteiger partial charge in [0, 0.05) is 41.0 Å². The van der Waals surface area contributed by atoms with Gasteiger partial charge < -0.3 is 46.9 Å². The molecule has 0 aliphatic carbocycles. The van der Waals surface area contributed by atoms with E-state index < -0.39 is 38.8 Å². The third-order valence-corrected chi connectivity index (χ3v) is 33.4. The van der Waals surface area contributed by atoms with Crippen LogP contribution in [0, 0.1) is 0 Å². The molecule has 0 aliphatic heterocycles. The van der Waals surface area contributed by atoms with Crippen molar-refractivity contribution in [3.63, 3.8) is 0 Å². The first-order chi connectivity index (χ1) is 38.5. The minimum atomic E-state index is -2.03. The second-order valence-corrected chi connectivity index (χ2v) is 46.2. The number of pyridine rings is 5. The molecular formula is C63H91Cl2N5O10Si4. The fourth-order valence-corrected chi connectivity index (χ4v) is 10.4. The Kier molecular flexibility index (Phi) is 25.4. The summed E-state index contributed by atoms with van der Waals surface area (Å²) in [7, 11) is -7.85. The van der Waals surface area contributed by atoms with E-state index in [1.165, 1.54) is 12.3 Å². The first-order valence-corrected chi connectivity index (χ1v) is 40.2. The van der Waals surface area contributed by atoms with Crippen LogP contribution in [0.3, 0.4) is 0 Å². The summed E-state index contributed by atoms with van der Waals surface area (Å²) in [6.45, 7) is 43.9. The number of hydrogen-bond donors (Lipinski definition) is 4. The van der Waals surface area contributed by atoms with Gasteiger partial charge in [-0.15, -0.1) is 0 Å². The van der Waals surface area contributed by atoms with E-state index >= 15 is 0 Å². The lowest BCUT2D eigenvalue weighted by atomic mass is 10.2. The zero-order valence-electron chi connectivity index (χ0n) is 53.0. The summed E-state index contributed by atoms with van der Waals surface area (Å²) >= 11 is 11.8. The zero-order valence-corrected chi connectivity index (χ0v) is 58.5. The molecule has 0 bridgehead atoms. The number of aromatic amines is 3. The van der Waals surface area contributed by atoms with Gasteiger partial charge in [-0.25, -0.2) is 0 Å². The Hall–Kier alpha value is -6.36. The summed E-state index contributed by atoms with van der Waals surface area (Å²) in [5.41, 5.74) is 1.12. The smallest absolute Gasteiger partial charge is 0.291 e. The van der Waals surface area contributed by atoms with E-state index in [-0.39, 0.29) is 48.1 Å². The third kappa shape index (κ3) is 21.9. The van der Waals surface area contributed by atoms with Crippen LogP contribution in [0.25, 0.3) is 0 Å². The number of H-pyrrole nitrogens is 3. The summed E-state index contributed by atoms with van der Waals surface area (Å²) in [6.07, 6.45) is 8.26. The molecule has 0 fully saturated rings. The average Bonchev–Trinajstić information content (AvgIpc) is 3.54. The van der Waals surface area contributed by atoms with Crippen LogP contribution in [0.15, 0.2) is 164 Å². The molecule has 21 heteroatoms. The minimum Gasteiger partial charge on any atom is -0.540 e. The monoisotopic (exact) mass is 1260 g/mol. The number of benzene rings is 2. The Bertz CT molecular complexity index is 3310. The minimum absolute atomic E-state index is 0.0519. The van der Waals surface area contributed by atoms with E-state index in [1.54, 1.807) is 76.4 Å². The van der Waals surface area contributed by atoms with Gasteiger partial charge in [0.1, 0.15) is 0 Å². The van der Waals surface area contributed by atoms with Crippen molar-refractivity contribution < 1.29 is 22.8 Å². The van der Waals surface area contributed by atoms with Crippen LogP contribution in [-0.4, -0.2) is 62.5 Å². The first kappa shape index (κ1) is 71.9. The maximum Gasteiger partial charge on any atom is 0.291 e. The molecule has 7 aromatic rings. The van der Waals surface area contributed by atoms with Crippen molar-refractivity contribution in [2.24, 2.45) is 0 Å². The summed E-state index contributed by atoms with van der Waals surface area (Å²) in [4.78, 5) is 66.1. The van der Waals surface area contributed by atoms with E-state index in [0.717, 1.165) is 11.1 Å². The molecule has 5 aromatic heterocycles. The first-order valence-electron chi connectivity index (χ1n) is 27.8. The third-order valence-electron chi connectivity index (χ3n) is 15.5. The summed E-state index contributed by atoms with van der Waals surface area (Å²) in [6, 6.07) is 32.2. The van der Waals surface area contributed by atoms with Crippen molar-refractivity contribution in [2.45, 2.75) is 169 Å². The number of nitrogens with one attached hydrogen (secondary N) is 3. The summed E-state index contributed by atoms with van der Waals surface area (Å²) in [5.74, 6) is 1.50. The predicted molar refractivity (Wildman–Crippen MR) is 357 cm³/mol. The van der Waals surface area contributed by atoms with Gasteiger partial charge in [-0.05, 0) is 169 Å². The van der Waals surface area contributed by atoms with Gasteiger partial charge in [-0.3, -0.25) is 24.0 Å². The maximum absolute atomic E-state index is 12.7. The molecule has 15 nitrogen and oxygen atoms in total. The van der Waals surface area contributed by atoms with Gasteiger partial charge in [0.05, 0.1) is 13.1 Å². The summed E-state index contributed by atoms with van der Waals surface area (Å²) in [5, 5.41) is 10.3. The van der Waals surface area contributed by atoms with Crippen molar-refractivity contribution in [3.05, 3.63) is 213 Å².